The molecule has 1 aromatic carbocycles. The van der Waals surface area contributed by atoms with Crippen LogP contribution in [0.5, 0.6) is 5.75 Å². The molecule has 152 valence electrons. The molecule has 0 radical (unpaired) electrons. The van der Waals surface area contributed by atoms with Gasteiger partial charge >= 0.3 is 5.97 Å². The number of carbonyl (C=O) groups excluding carboxylic acids is 1. The van der Waals surface area contributed by atoms with Gasteiger partial charge in [0.25, 0.3) is 0 Å². The Hall–Kier alpha value is -2.34. The molecule has 2 heterocycles. The van der Waals surface area contributed by atoms with Crippen LogP contribution in [0.3, 0.4) is 0 Å². The standard InChI is InChI=1S/C22H31N3O3/c1-3-25-17-19(15-23-25)16-24-13-8-11-22(18-24,21(26)27-4-2)12-14-28-20-9-6-5-7-10-20/h5-7,9-10,15,17H,3-4,8,11-14,16,18H2,1-2H3/t22-/m1/s1. The van der Waals surface area contributed by atoms with Gasteiger partial charge in [0.2, 0.25) is 0 Å². The highest BCUT2D eigenvalue weighted by atomic mass is 16.5. The second kappa shape index (κ2) is 9.73. The molecule has 0 bridgehead atoms. The monoisotopic (exact) mass is 385 g/mol. The van der Waals surface area contributed by atoms with Crippen LogP contribution in [0, 0.1) is 5.41 Å². The first-order valence-corrected chi connectivity index (χ1v) is 10.2. The first-order valence-electron chi connectivity index (χ1n) is 10.2. The second-order valence-corrected chi connectivity index (χ2v) is 7.43. The number of aromatic nitrogens is 2. The second-order valence-electron chi connectivity index (χ2n) is 7.43. The largest absolute Gasteiger partial charge is 0.494 e. The SMILES string of the molecule is CCOC(=O)[C@@]1(CCOc2ccccc2)CCCN(Cc2cnn(CC)c2)C1. The Balaban J connectivity index is 1.66. The predicted molar refractivity (Wildman–Crippen MR) is 108 cm³/mol. The summed E-state index contributed by atoms with van der Waals surface area (Å²) in [5, 5.41) is 4.36. The number of piperidine rings is 1. The molecule has 1 fully saturated rings. The summed E-state index contributed by atoms with van der Waals surface area (Å²) in [6.07, 6.45) is 6.48. The summed E-state index contributed by atoms with van der Waals surface area (Å²) in [6.45, 7) is 8.21. The van der Waals surface area contributed by atoms with E-state index < -0.39 is 5.41 Å². The summed E-state index contributed by atoms with van der Waals surface area (Å²) in [4.78, 5) is 15.2. The van der Waals surface area contributed by atoms with Gasteiger partial charge in [0.05, 0.1) is 24.8 Å². The van der Waals surface area contributed by atoms with Gasteiger partial charge in [0.15, 0.2) is 0 Å². The van der Waals surface area contributed by atoms with E-state index >= 15 is 0 Å². The van der Waals surface area contributed by atoms with E-state index in [1.165, 1.54) is 5.56 Å². The molecule has 6 nitrogen and oxygen atoms in total. The van der Waals surface area contributed by atoms with Crippen molar-refractivity contribution in [3.05, 3.63) is 48.3 Å². The molecule has 1 aliphatic heterocycles. The predicted octanol–water partition coefficient (Wildman–Crippen LogP) is 3.52. The third kappa shape index (κ3) is 5.13. The fourth-order valence-electron chi connectivity index (χ4n) is 3.92. The zero-order valence-electron chi connectivity index (χ0n) is 17.0. The molecule has 1 aliphatic rings. The van der Waals surface area contributed by atoms with Gasteiger partial charge in [-0.3, -0.25) is 14.4 Å². The molecule has 0 saturated carbocycles. The average molecular weight is 386 g/mol. The zero-order valence-corrected chi connectivity index (χ0v) is 17.0. The van der Waals surface area contributed by atoms with E-state index in [1.54, 1.807) is 0 Å². The number of esters is 1. The molecular weight excluding hydrogens is 354 g/mol. The van der Waals surface area contributed by atoms with Crippen molar-refractivity contribution in [3.8, 4) is 5.75 Å². The Labute approximate surface area is 167 Å². The first kappa shape index (κ1) is 20.4. The normalized spacial score (nSPS) is 20.1. The molecule has 2 aromatic rings. The molecule has 0 unspecified atom stereocenters. The molecular formula is C22H31N3O3. The Kier molecular flexibility index (Phi) is 7.09. The van der Waals surface area contributed by atoms with E-state index in [9.17, 15) is 4.79 Å². The number of hydrogen-bond acceptors (Lipinski definition) is 5. The van der Waals surface area contributed by atoms with Crippen molar-refractivity contribution in [3.63, 3.8) is 0 Å². The van der Waals surface area contributed by atoms with Crippen molar-refractivity contribution in [1.29, 1.82) is 0 Å². The van der Waals surface area contributed by atoms with Gasteiger partial charge < -0.3 is 9.47 Å². The van der Waals surface area contributed by atoms with Crippen LogP contribution in [0.4, 0.5) is 0 Å². The summed E-state index contributed by atoms with van der Waals surface area (Å²) in [6, 6.07) is 9.75. The lowest BCUT2D eigenvalue weighted by Gasteiger charge is -2.40. The van der Waals surface area contributed by atoms with Crippen molar-refractivity contribution < 1.29 is 14.3 Å². The number of para-hydroxylation sites is 1. The molecule has 0 spiro atoms. The third-order valence-electron chi connectivity index (χ3n) is 5.37. The summed E-state index contributed by atoms with van der Waals surface area (Å²) in [5.41, 5.74) is 0.672. The van der Waals surface area contributed by atoms with Crippen LogP contribution in [-0.4, -0.2) is 47.0 Å². The molecule has 6 heteroatoms. The average Bonchev–Trinajstić information content (AvgIpc) is 3.17. The number of ether oxygens (including phenoxy) is 2. The van der Waals surface area contributed by atoms with E-state index in [-0.39, 0.29) is 5.97 Å². The minimum absolute atomic E-state index is 0.0967. The highest BCUT2D eigenvalue weighted by Gasteiger charge is 2.43. The van der Waals surface area contributed by atoms with Gasteiger partial charge in [0, 0.05) is 31.4 Å². The smallest absolute Gasteiger partial charge is 0.313 e. The topological polar surface area (TPSA) is 56.6 Å². The number of nitrogens with zero attached hydrogens (tertiary/aromatic N) is 3. The Bertz CT molecular complexity index is 746. The van der Waals surface area contributed by atoms with E-state index in [4.69, 9.17) is 9.47 Å². The van der Waals surface area contributed by atoms with Gasteiger partial charge in [0.1, 0.15) is 5.75 Å². The van der Waals surface area contributed by atoms with Gasteiger partial charge in [-0.05, 0) is 51.8 Å². The number of rotatable bonds is 9. The van der Waals surface area contributed by atoms with E-state index in [0.29, 0.717) is 26.2 Å². The van der Waals surface area contributed by atoms with E-state index in [1.807, 2.05) is 48.1 Å². The summed E-state index contributed by atoms with van der Waals surface area (Å²) >= 11 is 0. The third-order valence-corrected chi connectivity index (χ3v) is 5.37. The maximum Gasteiger partial charge on any atom is 0.313 e. The van der Waals surface area contributed by atoms with Crippen molar-refractivity contribution in [2.45, 2.75) is 46.2 Å². The molecule has 0 aliphatic carbocycles. The fraction of sp³-hybridized carbons (Fsp3) is 0.545. The van der Waals surface area contributed by atoms with Crippen LogP contribution in [0.2, 0.25) is 0 Å². The lowest BCUT2D eigenvalue weighted by Crippen LogP contribution is -2.49. The minimum atomic E-state index is -0.510. The Morgan fingerprint density at radius 2 is 2.07 bits per heavy atom. The number of likely N-dealkylation sites (tertiary alicyclic amines) is 1. The van der Waals surface area contributed by atoms with Gasteiger partial charge in [-0.15, -0.1) is 0 Å². The molecule has 3 rings (SSSR count). The van der Waals surface area contributed by atoms with E-state index in [0.717, 1.165) is 38.2 Å². The van der Waals surface area contributed by atoms with Gasteiger partial charge in [-0.1, -0.05) is 18.2 Å². The van der Waals surface area contributed by atoms with Crippen LogP contribution in [0.25, 0.3) is 0 Å². The summed E-state index contributed by atoms with van der Waals surface area (Å²) in [7, 11) is 0. The number of hydrogen-bond donors (Lipinski definition) is 0. The first-order chi connectivity index (χ1) is 13.6. The fourth-order valence-corrected chi connectivity index (χ4v) is 3.92. The summed E-state index contributed by atoms with van der Waals surface area (Å²) < 4.78 is 13.3. The molecule has 0 amide bonds. The minimum Gasteiger partial charge on any atom is -0.494 e. The molecule has 1 saturated heterocycles. The van der Waals surface area contributed by atoms with Crippen LogP contribution in [0.15, 0.2) is 42.7 Å². The maximum absolute atomic E-state index is 12.9. The molecule has 1 atom stereocenters. The lowest BCUT2D eigenvalue weighted by molar-refractivity contribution is -0.160. The Morgan fingerprint density at radius 3 is 2.79 bits per heavy atom. The number of aryl methyl sites for hydroxylation is 1. The van der Waals surface area contributed by atoms with Crippen LogP contribution >= 0.6 is 0 Å². The highest BCUT2D eigenvalue weighted by Crippen LogP contribution is 2.36. The molecule has 1 aromatic heterocycles. The van der Waals surface area contributed by atoms with Crippen LogP contribution in [-0.2, 0) is 22.6 Å². The van der Waals surface area contributed by atoms with Crippen LogP contribution < -0.4 is 4.74 Å². The van der Waals surface area contributed by atoms with Crippen molar-refractivity contribution in [1.82, 2.24) is 14.7 Å². The Morgan fingerprint density at radius 1 is 1.25 bits per heavy atom. The summed E-state index contributed by atoms with van der Waals surface area (Å²) in [5.74, 6) is 0.738. The zero-order chi connectivity index (χ0) is 19.8. The lowest BCUT2D eigenvalue weighted by atomic mass is 9.77. The van der Waals surface area contributed by atoms with Crippen molar-refractivity contribution >= 4 is 5.97 Å². The van der Waals surface area contributed by atoms with Crippen LogP contribution in [0.1, 0.15) is 38.7 Å². The van der Waals surface area contributed by atoms with Crippen molar-refractivity contribution in [2.75, 3.05) is 26.3 Å². The van der Waals surface area contributed by atoms with Gasteiger partial charge in [-0.2, -0.15) is 5.10 Å². The van der Waals surface area contributed by atoms with Gasteiger partial charge in [-0.25, -0.2) is 0 Å². The molecule has 28 heavy (non-hydrogen) atoms. The number of carbonyl (C=O) groups is 1. The maximum atomic E-state index is 12.9. The number of benzene rings is 1. The van der Waals surface area contributed by atoms with E-state index in [2.05, 4.69) is 23.1 Å². The van der Waals surface area contributed by atoms with Crippen molar-refractivity contribution in [2.24, 2.45) is 5.41 Å². The highest BCUT2D eigenvalue weighted by molar-refractivity contribution is 5.77. The quantitative estimate of drug-likeness (QED) is 0.618. The molecule has 0 N–H and O–H groups in total.